The van der Waals surface area contributed by atoms with E-state index in [1.807, 2.05) is 26.0 Å². The smallest absolute Gasteiger partial charge is 0.253 e. The molecule has 1 amide bonds. The molecule has 88 valence electrons. The molecule has 1 rings (SSSR count). The first-order valence-electron chi connectivity index (χ1n) is 5.18. The molecule has 0 aliphatic rings. The molecule has 16 heavy (non-hydrogen) atoms. The minimum absolute atomic E-state index is 0.109. The van der Waals surface area contributed by atoms with Gasteiger partial charge in [-0.1, -0.05) is 39.7 Å². The molecule has 2 nitrogen and oxygen atoms in total. The Morgan fingerprint density at radius 2 is 2.25 bits per heavy atom. The summed E-state index contributed by atoms with van der Waals surface area (Å²) in [7, 11) is 0. The molecule has 1 atom stereocenters. The van der Waals surface area contributed by atoms with Crippen molar-refractivity contribution < 1.29 is 4.79 Å². The molecule has 0 spiro atoms. The summed E-state index contributed by atoms with van der Waals surface area (Å²) in [5.74, 6) is -0.109. The summed E-state index contributed by atoms with van der Waals surface area (Å²) >= 11 is 9.42. The Kier molecular flexibility index (Phi) is 5.29. The number of hydrogen-bond donors (Lipinski definition) is 1. The van der Waals surface area contributed by atoms with Crippen LogP contribution in [0.4, 0.5) is 0 Å². The summed E-state index contributed by atoms with van der Waals surface area (Å²) in [6, 6.07) is 5.61. The highest BCUT2D eigenvalue weighted by molar-refractivity contribution is 9.09. The van der Waals surface area contributed by atoms with Gasteiger partial charge in [0.05, 0.1) is 10.6 Å². The Bertz CT molecular complexity index is 381. The van der Waals surface area contributed by atoms with Crippen molar-refractivity contribution >= 4 is 33.4 Å². The van der Waals surface area contributed by atoms with Gasteiger partial charge in [-0.3, -0.25) is 4.79 Å². The van der Waals surface area contributed by atoms with Crippen molar-refractivity contribution in [1.29, 1.82) is 0 Å². The number of nitrogens with one attached hydrogen (secondary N) is 1. The van der Waals surface area contributed by atoms with Gasteiger partial charge in [0.15, 0.2) is 0 Å². The molecule has 1 unspecified atom stereocenters. The van der Waals surface area contributed by atoms with Crippen LogP contribution in [0.5, 0.6) is 0 Å². The quantitative estimate of drug-likeness (QED) is 0.847. The number of halogens is 2. The summed E-state index contributed by atoms with van der Waals surface area (Å²) in [4.78, 5) is 11.9. The molecule has 0 fully saturated rings. The highest BCUT2D eigenvalue weighted by Gasteiger charge is 2.13. The largest absolute Gasteiger partial charge is 0.350 e. The van der Waals surface area contributed by atoms with Crippen molar-refractivity contribution in [3.05, 3.63) is 34.3 Å². The van der Waals surface area contributed by atoms with E-state index in [2.05, 4.69) is 21.2 Å². The first kappa shape index (κ1) is 13.5. The van der Waals surface area contributed by atoms with Crippen LogP contribution in [0, 0.1) is 6.92 Å². The zero-order valence-corrected chi connectivity index (χ0v) is 11.7. The van der Waals surface area contributed by atoms with Crippen molar-refractivity contribution in [2.45, 2.75) is 26.3 Å². The number of benzene rings is 1. The maximum atomic E-state index is 11.9. The third-order valence-electron chi connectivity index (χ3n) is 2.36. The minimum atomic E-state index is -0.109. The van der Waals surface area contributed by atoms with Crippen LogP contribution in [0.2, 0.25) is 5.02 Å². The van der Waals surface area contributed by atoms with Crippen molar-refractivity contribution in [1.82, 2.24) is 5.32 Å². The van der Waals surface area contributed by atoms with Crippen LogP contribution in [0.25, 0.3) is 0 Å². The van der Waals surface area contributed by atoms with E-state index < -0.39 is 0 Å². The predicted molar refractivity (Wildman–Crippen MR) is 71.5 cm³/mol. The van der Waals surface area contributed by atoms with Crippen LogP contribution in [-0.2, 0) is 0 Å². The summed E-state index contributed by atoms with van der Waals surface area (Å²) < 4.78 is 0. The molecular weight excluding hydrogens is 289 g/mol. The summed E-state index contributed by atoms with van der Waals surface area (Å²) in [5.41, 5.74) is 1.46. The van der Waals surface area contributed by atoms with Crippen molar-refractivity contribution in [2.24, 2.45) is 0 Å². The monoisotopic (exact) mass is 303 g/mol. The van der Waals surface area contributed by atoms with Crippen LogP contribution in [0.15, 0.2) is 18.2 Å². The standard InChI is InChI=1S/C12H15BrClNO/c1-8-4-3-5-10(11(8)14)12(16)15-9(2)6-7-13/h3-5,9H,6-7H2,1-2H3,(H,15,16). The lowest BCUT2D eigenvalue weighted by molar-refractivity contribution is 0.0939. The number of carbonyl (C=O) groups excluding carboxylic acids is 1. The maximum Gasteiger partial charge on any atom is 0.253 e. The van der Waals surface area contributed by atoms with E-state index in [0.29, 0.717) is 10.6 Å². The minimum Gasteiger partial charge on any atom is -0.350 e. The fourth-order valence-electron chi connectivity index (χ4n) is 1.36. The Labute approximate surface area is 110 Å². The van der Waals surface area contributed by atoms with E-state index in [-0.39, 0.29) is 11.9 Å². The number of alkyl halides is 1. The van der Waals surface area contributed by atoms with Gasteiger partial charge < -0.3 is 5.32 Å². The Balaban J connectivity index is 2.77. The fourth-order valence-corrected chi connectivity index (χ4v) is 2.26. The molecular formula is C12H15BrClNO. The topological polar surface area (TPSA) is 29.1 Å². The zero-order chi connectivity index (χ0) is 12.1. The Morgan fingerprint density at radius 1 is 1.56 bits per heavy atom. The zero-order valence-electron chi connectivity index (χ0n) is 9.39. The van der Waals surface area contributed by atoms with Gasteiger partial charge in [0.25, 0.3) is 5.91 Å². The first-order chi connectivity index (χ1) is 7.56. The van der Waals surface area contributed by atoms with Gasteiger partial charge in [0, 0.05) is 11.4 Å². The molecule has 0 radical (unpaired) electrons. The number of rotatable bonds is 4. The van der Waals surface area contributed by atoms with Gasteiger partial charge in [-0.15, -0.1) is 0 Å². The predicted octanol–water partition coefficient (Wildman–Crippen LogP) is 3.55. The van der Waals surface area contributed by atoms with E-state index in [9.17, 15) is 4.79 Å². The molecule has 0 heterocycles. The van der Waals surface area contributed by atoms with E-state index in [1.54, 1.807) is 6.07 Å². The third kappa shape index (κ3) is 3.49. The van der Waals surface area contributed by atoms with Crippen molar-refractivity contribution in [3.63, 3.8) is 0 Å². The van der Waals surface area contributed by atoms with Gasteiger partial charge >= 0.3 is 0 Å². The Morgan fingerprint density at radius 3 is 2.88 bits per heavy atom. The van der Waals surface area contributed by atoms with Crippen LogP contribution in [-0.4, -0.2) is 17.3 Å². The number of aryl methyl sites for hydroxylation is 1. The lowest BCUT2D eigenvalue weighted by atomic mass is 10.1. The van der Waals surface area contributed by atoms with Gasteiger partial charge in [0.1, 0.15) is 0 Å². The molecule has 0 saturated heterocycles. The van der Waals surface area contributed by atoms with Gasteiger partial charge in [-0.2, -0.15) is 0 Å². The third-order valence-corrected chi connectivity index (χ3v) is 3.32. The van der Waals surface area contributed by atoms with Gasteiger partial charge in [-0.25, -0.2) is 0 Å². The fraction of sp³-hybridized carbons (Fsp3) is 0.417. The van der Waals surface area contributed by atoms with E-state index >= 15 is 0 Å². The number of carbonyl (C=O) groups is 1. The van der Waals surface area contributed by atoms with Gasteiger partial charge in [0.2, 0.25) is 0 Å². The molecule has 0 bridgehead atoms. The molecule has 0 saturated carbocycles. The second-order valence-corrected chi connectivity index (χ2v) is 4.96. The van der Waals surface area contributed by atoms with Crippen molar-refractivity contribution in [3.8, 4) is 0 Å². The Hall–Kier alpha value is -0.540. The normalized spacial score (nSPS) is 12.2. The summed E-state index contributed by atoms with van der Waals surface area (Å²) in [6.07, 6.45) is 0.898. The van der Waals surface area contributed by atoms with E-state index in [4.69, 9.17) is 11.6 Å². The van der Waals surface area contributed by atoms with Gasteiger partial charge in [-0.05, 0) is 31.9 Å². The highest BCUT2D eigenvalue weighted by atomic mass is 79.9. The second kappa shape index (κ2) is 6.26. The lowest BCUT2D eigenvalue weighted by Crippen LogP contribution is -2.33. The van der Waals surface area contributed by atoms with Crippen molar-refractivity contribution in [2.75, 3.05) is 5.33 Å². The van der Waals surface area contributed by atoms with E-state index in [1.165, 1.54) is 0 Å². The molecule has 4 heteroatoms. The molecule has 1 N–H and O–H groups in total. The average Bonchev–Trinajstić information content (AvgIpc) is 2.22. The van der Waals surface area contributed by atoms with Crippen LogP contribution < -0.4 is 5.32 Å². The SMILES string of the molecule is Cc1cccc(C(=O)NC(C)CCBr)c1Cl. The van der Waals surface area contributed by atoms with E-state index in [0.717, 1.165) is 17.3 Å². The summed E-state index contributed by atoms with van der Waals surface area (Å²) in [5, 5.41) is 4.32. The number of hydrogen-bond acceptors (Lipinski definition) is 1. The van der Waals surface area contributed by atoms with Crippen LogP contribution >= 0.6 is 27.5 Å². The second-order valence-electron chi connectivity index (χ2n) is 3.79. The molecule has 0 aromatic heterocycles. The molecule has 0 aliphatic carbocycles. The lowest BCUT2D eigenvalue weighted by Gasteiger charge is -2.13. The summed E-state index contributed by atoms with van der Waals surface area (Å²) in [6.45, 7) is 3.86. The van der Waals surface area contributed by atoms with Crippen LogP contribution in [0.1, 0.15) is 29.3 Å². The molecule has 0 aliphatic heterocycles. The molecule has 1 aromatic rings. The first-order valence-corrected chi connectivity index (χ1v) is 6.68. The average molecular weight is 305 g/mol. The number of amides is 1. The maximum absolute atomic E-state index is 11.9. The van der Waals surface area contributed by atoms with Crippen LogP contribution in [0.3, 0.4) is 0 Å². The highest BCUT2D eigenvalue weighted by Crippen LogP contribution is 2.20. The molecule has 1 aromatic carbocycles.